The van der Waals surface area contributed by atoms with Gasteiger partial charge < -0.3 is 9.47 Å². The summed E-state index contributed by atoms with van der Waals surface area (Å²) in [6, 6.07) is 10.7. The molecule has 0 spiro atoms. The summed E-state index contributed by atoms with van der Waals surface area (Å²) in [6.07, 6.45) is 0.734. The van der Waals surface area contributed by atoms with Crippen molar-refractivity contribution in [1.82, 2.24) is 14.8 Å². The van der Waals surface area contributed by atoms with E-state index >= 15 is 0 Å². The van der Waals surface area contributed by atoms with Crippen molar-refractivity contribution >= 4 is 23.2 Å². The molecule has 2 atom stereocenters. The van der Waals surface area contributed by atoms with Crippen molar-refractivity contribution in [2.24, 2.45) is 0 Å². The number of aromatic nitrogens is 3. The maximum Gasteiger partial charge on any atom is 0.382 e. The van der Waals surface area contributed by atoms with Crippen LogP contribution in [0.15, 0.2) is 48.6 Å². The standard InChI is InChI=1S/C26H27Cl2F2N3O2/c1-5-8-15(3)13-22-24-31-32-25(26(28,29)30)33(24)20-12-11-17(27)14-19(20)23(35-22)18-9-7-10-21(16(18)4)34-6-2/h7,9-12,14,22-23H,3,5-6,8,13H2,1-2,4H3/t22-,23?/m1/s1. The minimum atomic E-state index is -3.74. The summed E-state index contributed by atoms with van der Waals surface area (Å²) in [4.78, 5) is 0. The van der Waals surface area contributed by atoms with Crippen molar-refractivity contribution < 1.29 is 18.3 Å². The van der Waals surface area contributed by atoms with Gasteiger partial charge in [-0.1, -0.05) is 49.2 Å². The largest absolute Gasteiger partial charge is 0.494 e. The van der Waals surface area contributed by atoms with Gasteiger partial charge in [0.05, 0.1) is 12.3 Å². The second-order valence-electron chi connectivity index (χ2n) is 8.53. The fraction of sp³-hybridized carbons (Fsp3) is 0.385. The van der Waals surface area contributed by atoms with E-state index in [1.165, 1.54) is 4.57 Å². The van der Waals surface area contributed by atoms with Crippen LogP contribution in [0.3, 0.4) is 0 Å². The molecule has 1 aliphatic rings. The zero-order valence-corrected chi connectivity index (χ0v) is 21.3. The SMILES string of the molecule is C=C(CCC)C[C@H]1OC(c2cccc(OCC)c2C)c2cc(Cl)ccc2-n2c1nnc2C(F)(F)Cl. The second-order valence-corrected chi connectivity index (χ2v) is 9.44. The number of halogens is 4. The Morgan fingerprint density at radius 3 is 2.66 bits per heavy atom. The number of alkyl halides is 3. The number of rotatable bonds is 8. The quantitative estimate of drug-likeness (QED) is 0.224. The Balaban J connectivity index is 1.97. The summed E-state index contributed by atoms with van der Waals surface area (Å²) in [7, 11) is 0. The predicted octanol–water partition coefficient (Wildman–Crippen LogP) is 7.82. The van der Waals surface area contributed by atoms with Crippen molar-refractivity contribution in [3.63, 3.8) is 0 Å². The van der Waals surface area contributed by atoms with Crippen molar-refractivity contribution in [3.8, 4) is 11.4 Å². The van der Waals surface area contributed by atoms with Crippen molar-refractivity contribution in [3.05, 3.63) is 81.9 Å². The Morgan fingerprint density at radius 2 is 1.97 bits per heavy atom. The van der Waals surface area contributed by atoms with Gasteiger partial charge in [0.25, 0.3) is 0 Å². The van der Waals surface area contributed by atoms with E-state index in [4.69, 9.17) is 32.7 Å². The fourth-order valence-electron chi connectivity index (χ4n) is 4.49. The maximum absolute atomic E-state index is 14.5. The summed E-state index contributed by atoms with van der Waals surface area (Å²) in [6.45, 7) is 10.6. The molecule has 0 saturated heterocycles. The van der Waals surface area contributed by atoms with Crippen LogP contribution in [0, 0.1) is 6.92 Å². The van der Waals surface area contributed by atoms with E-state index in [1.807, 2.05) is 32.0 Å². The monoisotopic (exact) mass is 521 g/mol. The molecule has 35 heavy (non-hydrogen) atoms. The highest BCUT2D eigenvalue weighted by atomic mass is 35.5. The van der Waals surface area contributed by atoms with E-state index in [2.05, 4.69) is 23.7 Å². The molecular weight excluding hydrogens is 495 g/mol. The van der Waals surface area contributed by atoms with Gasteiger partial charge in [0.2, 0.25) is 5.82 Å². The normalized spacial score (nSPS) is 17.5. The van der Waals surface area contributed by atoms with Crippen LogP contribution in [0.1, 0.15) is 73.7 Å². The van der Waals surface area contributed by atoms with Crippen LogP contribution in [0.2, 0.25) is 5.02 Å². The summed E-state index contributed by atoms with van der Waals surface area (Å²) in [5.41, 5.74) is 3.68. The van der Waals surface area contributed by atoms with Crippen LogP contribution in [0.5, 0.6) is 5.75 Å². The molecule has 0 aliphatic carbocycles. The van der Waals surface area contributed by atoms with Crippen molar-refractivity contribution in [2.75, 3.05) is 6.61 Å². The average Bonchev–Trinajstić information content (AvgIpc) is 3.20. The highest BCUT2D eigenvalue weighted by molar-refractivity contribution is 6.30. The lowest BCUT2D eigenvalue weighted by atomic mass is 9.95. The predicted molar refractivity (Wildman–Crippen MR) is 133 cm³/mol. The minimum Gasteiger partial charge on any atom is -0.494 e. The number of ether oxygens (including phenoxy) is 2. The highest BCUT2D eigenvalue weighted by Crippen LogP contribution is 2.46. The molecule has 1 aliphatic heterocycles. The third-order valence-corrected chi connectivity index (χ3v) is 6.43. The molecule has 3 aromatic rings. The van der Waals surface area contributed by atoms with Gasteiger partial charge in [-0.2, -0.15) is 8.78 Å². The zero-order valence-electron chi connectivity index (χ0n) is 19.8. The van der Waals surface area contributed by atoms with E-state index in [0.29, 0.717) is 29.3 Å². The molecule has 0 radical (unpaired) electrons. The van der Waals surface area contributed by atoms with E-state index in [9.17, 15) is 8.78 Å². The second kappa shape index (κ2) is 10.2. The first kappa shape index (κ1) is 25.6. The van der Waals surface area contributed by atoms with Crippen LogP contribution in [0.4, 0.5) is 8.78 Å². The van der Waals surface area contributed by atoms with Crippen LogP contribution in [0.25, 0.3) is 5.69 Å². The van der Waals surface area contributed by atoms with Gasteiger partial charge in [-0.25, -0.2) is 0 Å². The lowest BCUT2D eigenvalue weighted by Crippen LogP contribution is -2.15. The highest BCUT2D eigenvalue weighted by Gasteiger charge is 2.41. The molecule has 0 N–H and O–H groups in total. The fourth-order valence-corrected chi connectivity index (χ4v) is 4.79. The van der Waals surface area contributed by atoms with Crippen molar-refractivity contribution in [1.29, 1.82) is 0 Å². The number of hydrogen-bond donors (Lipinski definition) is 0. The molecule has 1 aromatic heterocycles. The Hall–Kier alpha value is -2.48. The molecule has 0 saturated carbocycles. The molecule has 0 bridgehead atoms. The van der Waals surface area contributed by atoms with E-state index in [-0.39, 0.29) is 5.82 Å². The van der Waals surface area contributed by atoms with Gasteiger partial charge in [-0.15, -0.1) is 10.2 Å². The first-order valence-corrected chi connectivity index (χ1v) is 12.3. The third kappa shape index (κ3) is 5.08. The van der Waals surface area contributed by atoms with Gasteiger partial charge in [0, 0.05) is 17.0 Å². The third-order valence-electron chi connectivity index (χ3n) is 6.03. The van der Waals surface area contributed by atoms with Crippen LogP contribution >= 0.6 is 23.2 Å². The molecule has 186 valence electrons. The topological polar surface area (TPSA) is 49.2 Å². The number of nitrogens with zero attached hydrogens (tertiary/aromatic N) is 3. The van der Waals surface area contributed by atoms with Crippen LogP contribution in [-0.2, 0) is 10.1 Å². The van der Waals surface area contributed by atoms with Crippen LogP contribution in [-0.4, -0.2) is 21.4 Å². The van der Waals surface area contributed by atoms with Gasteiger partial charge in [-0.05, 0) is 67.3 Å². The van der Waals surface area contributed by atoms with Gasteiger partial charge in [0.1, 0.15) is 18.0 Å². The maximum atomic E-state index is 14.5. The molecular formula is C26H27Cl2F2N3O2. The summed E-state index contributed by atoms with van der Waals surface area (Å²) in [5, 5.41) is 4.58. The summed E-state index contributed by atoms with van der Waals surface area (Å²) in [5.74, 6) is 0.288. The lowest BCUT2D eigenvalue weighted by molar-refractivity contribution is 0.00389. The molecule has 4 rings (SSSR count). The summed E-state index contributed by atoms with van der Waals surface area (Å²) >= 11 is 11.9. The summed E-state index contributed by atoms with van der Waals surface area (Å²) < 4.78 is 42.7. The lowest BCUT2D eigenvalue weighted by Gasteiger charge is -2.25. The Bertz CT molecular complexity index is 1240. The Kier molecular flexibility index (Phi) is 7.50. The molecule has 5 nitrogen and oxygen atoms in total. The first-order valence-electron chi connectivity index (χ1n) is 11.5. The minimum absolute atomic E-state index is 0.238. The van der Waals surface area contributed by atoms with E-state index < -0.39 is 23.4 Å². The zero-order chi connectivity index (χ0) is 25.3. The van der Waals surface area contributed by atoms with Gasteiger partial charge >= 0.3 is 5.38 Å². The van der Waals surface area contributed by atoms with Crippen molar-refractivity contribution in [2.45, 2.75) is 57.6 Å². The molecule has 2 aromatic carbocycles. The first-order chi connectivity index (χ1) is 16.7. The van der Waals surface area contributed by atoms with E-state index in [0.717, 1.165) is 35.3 Å². The molecule has 0 amide bonds. The van der Waals surface area contributed by atoms with Gasteiger partial charge in [-0.3, -0.25) is 4.57 Å². The van der Waals surface area contributed by atoms with Gasteiger partial charge in [0.15, 0.2) is 5.82 Å². The molecule has 1 unspecified atom stereocenters. The molecule has 9 heteroatoms. The smallest absolute Gasteiger partial charge is 0.382 e. The number of fused-ring (bicyclic) bond motifs is 3. The average molecular weight is 522 g/mol. The van der Waals surface area contributed by atoms with E-state index in [1.54, 1.807) is 18.2 Å². The molecule has 0 fully saturated rings. The molecule has 2 heterocycles. The number of benzene rings is 2. The Labute approximate surface area is 213 Å². The van der Waals surface area contributed by atoms with Crippen LogP contribution < -0.4 is 4.74 Å². The Morgan fingerprint density at radius 1 is 1.20 bits per heavy atom. The number of hydrogen-bond acceptors (Lipinski definition) is 4.